The van der Waals surface area contributed by atoms with Crippen LogP contribution in [-0.2, 0) is 7.05 Å². The molecule has 0 bridgehead atoms. The highest BCUT2D eigenvalue weighted by atomic mass is 16.2. The van der Waals surface area contributed by atoms with E-state index in [9.17, 15) is 4.79 Å². The molecular weight excluding hydrogens is 192 g/mol. The Balaban J connectivity index is 2.17. The number of aromatic nitrogens is 2. The Kier molecular flexibility index (Phi) is 2.38. The zero-order chi connectivity index (χ0) is 11.0. The molecule has 82 valence electrons. The molecule has 5 nitrogen and oxygen atoms in total. The minimum absolute atomic E-state index is 0.0440. The number of hydrogen-bond acceptors (Lipinski definition) is 3. The maximum Gasteiger partial charge on any atom is 0.276 e. The minimum Gasteiger partial charge on any atom is -0.396 e. The molecule has 0 spiro atoms. The summed E-state index contributed by atoms with van der Waals surface area (Å²) >= 11 is 0. The van der Waals surface area contributed by atoms with E-state index in [1.54, 1.807) is 17.9 Å². The van der Waals surface area contributed by atoms with Gasteiger partial charge in [0.05, 0.1) is 5.69 Å². The zero-order valence-electron chi connectivity index (χ0n) is 9.10. The fourth-order valence-electron chi connectivity index (χ4n) is 1.94. The van der Waals surface area contributed by atoms with Gasteiger partial charge in [-0.2, -0.15) is 5.10 Å². The van der Waals surface area contributed by atoms with Gasteiger partial charge < -0.3 is 10.6 Å². The molecule has 0 saturated carbocycles. The van der Waals surface area contributed by atoms with Crippen molar-refractivity contribution in [2.45, 2.75) is 13.3 Å². The number of anilines is 1. The van der Waals surface area contributed by atoms with Crippen LogP contribution in [0.25, 0.3) is 0 Å². The van der Waals surface area contributed by atoms with E-state index in [0.29, 0.717) is 17.3 Å². The summed E-state index contributed by atoms with van der Waals surface area (Å²) in [4.78, 5) is 13.8. The second-order valence-corrected chi connectivity index (χ2v) is 4.25. The molecule has 1 aliphatic heterocycles. The van der Waals surface area contributed by atoms with E-state index in [0.717, 1.165) is 19.5 Å². The summed E-state index contributed by atoms with van der Waals surface area (Å²) < 4.78 is 1.57. The molecule has 15 heavy (non-hydrogen) atoms. The maximum atomic E-state index is 12.0. The smallest absolute Gasteiger partial charge is 0.276 e. The van der Waals surface area contributed by atoms with Crippen LogP contribution >= 0.6 is 0 Å². The molecule has 1 fully saturated rings. The lowest BCUT2D eigenvalue weighted by atomic mass is 10.2. The molecule has 2 rings (SSSR count). The molecule has 0 aliphatic carbocycles. The van der Waals surface area contributed by atoms with E-state index < -0.39 is 0 Å². The van der Waals surface area contributed by atoms with Gasteiger partial charge in [0.15, 0.2) is 5.69 Å². The summed E-state index contributed by atoms with van der Waals surface area (Å²) in [5.41, 5.74) is 6.56. The SMILES string of the molecule is CC1CCN(C(=O)c2nn(C)cc2N)C1. The minimum atomic E-state index is -0.0440. The van der Waals surface area contributed by atoms with E-state index >= 15 is 0 Å². The molecule has 1 atom stereocenters. The first kappa shape index (κ1) is 10.0. The predicted octanol–water partition coefficient (Wildman–Crippen LogP) is 0.484. The van der Waals surface area contributed by atoms with Gasteiger partial charge in [0.1, 0.15) is 0 Å². The van der Waals surface area contributed by atoms with Crippen molar-refractivity contribution in [1.82, 2.24) is 14.7 Å². The van der Waals surface area contributed by atoms with Crippen LogP contribution in [0.2, 0.25) is 0 Å². The van der Waals surface area contributed by atoms with Crippen LogP contribution in [0.3, 0.4) is 0 Å². The van der Waals surface area contributed by atoms with Crippen LogP contribution in [0.5, 0.6) is 0 Å². The number of carbonyl (C=O) groups is 1. The van der Waals surface area contributed by atoms with Gasteiger partial charge in [-0.1, -0.05) is 6.92 Å². The fourth-order valence-corrected chi connectivity index (χ4v) is 1.94. The summed E-state index contributed by atoms with van der Waals surface area (Å²) in [6, 6.07) is 0. The first-order chi connectivity index (χ1) is 7.08. The Morgan fingerprint density at radius 1 is 1.67 bits per heavy atom. The molecule has 5 heteroatoms. The van der Waals surface area contributed by atoms with E-state index in [-0.39, 0.29) is 5.91 Å². The van der Waals surface area contributed by atoms with Crippen molar-refractivity contribution in [2.24, 2.45) is 13.0 Å². The highest BCUT2D eigenvalue weighted by Gasteiger charge is 2.26. The molecule has 1 amide bonds. The Labute approximate surface area is 88.8 Å². The van der Waals surface area contributed by atoms with Crippen molar-refractivity contribution in [3.05, 3.63) is 11.9 Å². The lowest BCUT2D eigenvalue weighted by Crippen LogP contribution is -2.29. The first-order valence-electron chi connectivity index (χ1n) is 5.16. The van der Waals surface area contributed by atoms with Crippen molar-refractivity contribution in [3.63, 3.8) is 0 Å². The highest BCUT2D eigenvalue weighted by Crippen LogP contribution is 2.19. The fraction of sp³-hybridized carbons (Fsp3) is 0.600. The van der Waals surface area contributed by atoms with Crippen LogP contribution in [0.15, 0.2) is 6.20 Å². The maximum absolute atomic E-state index is 12.0. The van der Waals surface area contributed by atoms with Crippen LogP contribution in [-0.4, -0.2) is 33.7 Å². The van der Waals surface area contributed by atoms with Crippen LogP contribution in [0.4, 0.5) is 5.69 Å². The van der Waals surface area contributed by atoms with Crippen molar-refractivity contribution >= 4 is 11.6 Å². The number of amides is 1. The van der Waals surface area contributed by atoms with E-state index in [4.69, 9.17) is 5.73 Å². The number of hydrogen-bond donors (Lipinski definition) is 1. The van der Waals surface area contributed by atoms with E-state index in [1.165, 1.54) is 0 Å². The molecule has 1 aromatic rings. The summed E-state index contributed by atoms with van der Waals surface area (Å²) in [6.45, 7) is 3.78. The predicted molar refractivity (Wildman–Crippen MR) is 57.3 cm³/mol. The van der Waals surface area contributed by atoms with Crippen molar-refractivity contribution in [3.8, 4) is 0 Å². The lowest BCUT2D eigenvalue weighted by Gasteiger charge is -2.14. The van der Waals surface area contributed by atoms with Crippen LogP contribution < -0.4 is 5.73 Å². The first-order valence-corrected chi connectivity index (χ1v) is 5.16. The number of nitrogen functional groups attached to an aromatic ring is 1. The number of nitrogens with two attached hydrogens (primary N) is 1. The molecule has 1 aromatic heterocycles. The summed E-state index contributed by atoms with van der Waals surface area (Å²) in [5, 5.41) is 4.08. The normalized spacial score (nSPS) is 20.9. The van der Waals surface area contributed by atoms with E-state index in [1.807, 2.05) is 4.90 Å². The second kappa shape index (κ2) is 3.56. The Morgan fingerprint density at radius 3 is 2.87 bits per heavy atom. The second-order valence-electron chi connectivity index (χ2n) is 4.25. The topological polar surface area (TPSA) is 64.2 Å². The standard InChI is InChI=1S/C10H16N4O/c1-7-3-4-14(5-7)10(15)9-8(11)6-13(2)12-9/h6-7H,3-5,11H2,1-2H3. The Bertz CT molecular complexity index is 385. The van der Waals surface area contributed by atoms with Gasteiger partial charge in [-0.15, -0.1) is 0 Å². The molecule has 2 heterocycles. The average Bonchev–Trinajstić information content (AvgIpc) is 2.71. The van der Waals surface area contributed by atoms with Gasteiger partial charge in [-0.3, -0.25) is 9.48 Å². The van der Waals surface area contributed by atoms with Gasteiger partial charge >= 0.3 is 0 Å². The van der Waals surface area contributed by atoms with Crippen molar-refractivity contribution in [2.75, 3.05) is 18.8 Å². The van der Waals surface area contributed by atoms with E-state index in [2.05, 4.69) is 12.0 Å². The quantitative estimate of drug-likeness (QED) is 0.730. The third kappa shape index (κ3) is 1.82. The van der Waals surface area contributed by atoms with Gasteiger partial charge in [0.2, 0.25) is 0 Å². The number of aryl methyl sites for hydroxylation is 1. The lowest BCUT2D eigenvalue weighted by molar-refractivity contribution is 0.0782. The number of nitrogens with zero attached hydrogens (tertiary/aromatic N) is 3. The Morgan fingerprint density at radius 2 is 2.40 bits per heavy atom. The average molecular weight is 208 g/mol. The summed E-state index contributed by atoms with van der Waals surface area (Å²) in [7, 11) is 1.76. The number of rotatable bonds is 1. The third-order valence-corrected chi connectivity index (χ3v) is 2.77. The molecule has 1 unspecified atom stereocenters. The van der Waals surface area contributed by atoms with Crippen LogP contribution in [0, 0.1) is 5.92 Å². The molecule has 0 radical (unpaired) electrons. The van der Waals surface area contributed by atoms with Gasteiger partial charge in [-0.25, -0.2) is 0 Å². The van der Waals surface area contributed by atoms with Gasteiger partial charge in [-0.05, 0) is 12.3 Å². The molecular formula is C10H16N4O. The molecule has 1 saturated heterocycles. The highest BCUT2D eigenvalue weighted by molar-refractivity contribution is 5.97. The number of likely N-dealkylation sites (tertiary alicyclic amines) is 1. The Hall–Kier alpha value is -1.52. The van der Waals surface area contributed by atoms with Gasteiger partial charge in [0.25, 0.3) is 5.91 Å². The summed E-state index contributed by atoms with van der Waals surface area (Å²) in [6.07, 6.45) is 2.73. The zero-order valence-corrected chi connectivity index (χ0v) is 9.10. The molecule has 2 N–H and O–H groups in total. The number of carbonyl (C=O) groups excluding carboxylic acids is 1. The largest absolute Gasteiger partial charge is 0.396 e. The van der Waals surface area contributed by atoms with Crippen molar-refractivity contribution < 1.29 is 4.79 Å². The molecule has 1 aliphatic rings. The monoisotopic (exact) mass is 208 g/mol. The summed E-state index contributed by atoms with van der Waals surface area (Å²) in [5.74, 6) is 0.538. The van der Waals surface area contributed by atoms with Crippen LogP contribution in [0.1, 0.15) is 23.8 Å². The third-order valence-electron chi connectivity index (χ3n) is 2.77. The molecule has 0 aromatic carbocycles. The van der Waals surface area contributed by atoms with Crippen molar-refractivity contribution in [1.29, 1.82) is 0 Å². The van der Waals surface area contributed by atoms with Gasteiger partial charge in [0, 0.05) is 26.3 Å².